The molecular formula is C16H15N3OS. The number of hydrogen-bond acceptors (Lipinski definition) is 5. The molecule has 0 aliphatic rings. The lowest BCUT2D eigenvalue weighted by molar-refractivity contribution is 0.415. The normalized spacial score (nSPS) is 10.3. The van der Waals surface area contributed by atoms with E-state index in [0.717, 1.165) is 29.2 Å². The van der Waals surface area contributed by atoms with Crippen LogP contribution in [0.2, 0.25) is 0 Å². The highest BCUT2D eigenvalue weighted by Gasteiger charge is 2.07. The van der Waals surface area contributed by atoms with E-state index in [1.807, 2.05) is 36.5 Å². The molecule has 0 aliphatic heterocycles. The van der Waals surface area contributed by atoms with Crippen molar-refractivity contribution in [2.45, 2.75) is 6.54 Å². The van der Waals surface area contributed by atoms with Gasteiger partial charge in [-0.25, -0.2) is 9.97 Å². The van der Waals surface area contributed by atoms with Crippen LogP contribution < -0.4 is 10.1 Å². The Morgan fingerprint density at radius 1 is 1.24 bits per heavy atom. The minimum Gasteiger partial charge on any atom is -0.497 e. The van der Waals surface area contributed by atoms with Gasteiger partial charge in [0.2, 0.25) is 0 Å². The molecule has 0 fully saturated rings. The quantitative estimate of drug-likeness (QED) is 0.777. The second kappa shape index (κ2) is 6.37. The van der Waals surface area contributed by atoms with Crippen LogP contribution in [0, 0.1) is 0 Å². The molecule has 0 spiro atoms. The number of nitrogens with zero attached hydrogens (tertiary/aromatic N) is 2. The summed E-state index contributed by atoms with van der Waals surface area (Å²) < 4.78 is 5.28. The zero-order valence-corrected chi connectivity index (χ0v) is 12.4. The van der Waals surface area contributed by atoms with Crippen molar-refractivity contribution < 1.29 is 4.74 Å². The number of benzene rings is 1. The Kier molecular flexibility index (Phi) is 4.12. The summed E-state index contributed by atoms with van der Waals surface area (Å²) in [6.45, 7) is 0.756. The fourth-order valence-corrected chi connectivity index (χ4v) is 2.70. The summed E-state index contributed by atoms with van der Waals surface area (Å²) in [4.78, 5) is 9.75. The van der Waals surface area contributed by atoms with Crippen LogP contribution in [-0.2, 0) is 6.54 Å². The molecule has 4 nitrogen and oxygen atoms in total. The molecule has 1 aromatic carbocycles. The summed E-state index contributed by atoms with van der Waals surface area (Å²) in [5.74, 6) is 1.65. The van der Waals surface area contributed by atoms with E-state index in [1.165, 1.54) is 4.88 Å². The SMILES string of the molecule is COc1cccc(-c2cncnc2NCc2cccs2)c1. The minimum absolute atomic E-state index is 0.756. The monoisotopic (exact) mass is 297 g/mol. The molecule has 3 rings (SSSR count). The Balaban J connectivity index is 1.88. The van der Waals surface area contributed by atoms with E-state index in [0.29, 0.717) is 0 Å². The number of hydrogen-bond donors (Lipinski definition) is 1. The standard InChI is InChI=1S/C16H15N3OS/c1-20-13-5-2-4-12(8-13)15-10-17-11-19-16(15)18-9-14-6-3-7-21-14/h2-8,10-11H,9H2,1H3,(H,17,18,19). The molecule has 5 heteroatoms. The Bertz CT molecular complexity index is 713. The van der Waals surface area contributed by atoms with Gasteiger partial charge in [0.15, 0.2) is 0 Å². The predicted molar refractivity (Wildman–Crippen MR) is 85.7 cm³/mol. The van der Waals surface area contributed by atoms with Crippen molar-refractivity contribution in [2.24, 2.45) is 0 Å². The van der Waals surface area contributed by atoms with Crippen molar-refractivity contribution in [2.75, 3.05) is 12.4 Å². The van der Waals surface area contributed by atoms with E-state index >= 15 is 0 Å². The van der Waals surface area contributed by atoms with Crippen molar-refractivity contribution in [1.82, 2.24) is 9.97 Å². The first-order valence-corrected chi connectivity index (χ1v) is 7.45. The van der Waals surface area contributed by atoms with Gasteiger partial charge in [0.1, 0.15) is 17.9 Å². The molecule has 1 N–H and O–H groups in total. The molecule has 0 radical (unpaired) electrons. The largest absolute Gasteiger partial charge is 0.497 e. The lowest BCUT2D eigenvalue weighted by Gasteiger charge is -2.10. The summed E-state index contributed by atoms with van der Waals surface area (Å²) in [6, 6.07) is 12.0. The third-order valence-electron chi connectivity index (χ3n) is 3.10. The van der Waals surface area contributed by atoms with Crippen molar-refractivity contribution in [3.8, 4) is 16.9 Å². The van der Waals surface area contributed by atoms with Crippen molar-refractivity contribution in [3.05, 3.63) is 59.2 Å². The van der Waals surface area contributed by atoms with Crippen molar-refractivity contribution >= 4 is 17.2 Å². The molecular weight excluding hydrogens is 282 g/mol. The lowest BCUT2D eigenvalue weighted by Crippen LogP contribution is -2.02. The van der Waals surface area contributed by atoms with E-state index < -0.39 is 0 Å². The van der Waals surface area contributed by atoms with Gasteiger partial charge in [-0.05, 0) is 29.1 Å². The molecule has 0 bridgehead atoms. The molecule has 21 heavy (non-hydrogen) atoms. The van der Waals surface area contributed by atoms with Gasteiger partial charge in [-0.3, -0.25) is 0 Å². The molecule has 0 amide bonds. The van der Waals surface area contributed by atoms with Gasteiger partial charge in [0.25, 0.3) is 0 Å². The predicted octanol–water partition coefficient (Wildman–Crippen LogP) is 3.83. The maximum Gasteiger partial charge on any atom is 0.137 e. The van der Waals surface area contributed by atoms with Crippen LogP contribution >= 0.6 is 11.3 Å². The second-order valence-corrected chi connectivity index (χ2v) is 5.48. The Morgan fingerprint density at radius 3 is 3.00 bits per heavy atom. The van der Waals surface area contributed by atoms with Gasteiger partial charge in [-0.1, -0.05) is 18.2 Å². The van der Waals surface area contributed by atoms with Gasteiger partial charge in [-0.2, -0.15) is 0 Å². The van der Waals surface area contributed by atoms with E-state index in [1.54, 1.807) is 24.8 Å². The average Bonchev–Trinajstić information content (AvgIpc) is 3.07. The minimum atomic E-state index is 0.756. The number of thiophene rings is 1. The van der Waals surface area contributed by atoms with Crippen LogP contribution in [-0.4, -0.2) is 17.1 Å². The molecule has 2 heterocycles. The number of methoxy groups -OCH3 is 1. The van der Waals surface area contributed by atoms with Crippen LogP contribution in [0.25, 0.3) is 11.1 Å². The highest BCUT2D eigenvalue weighted by atomic mass is 32.1. The Morgan fingerprint density at radius 2 is 2.19 bits per heavy atom. The zero-order chi connectivity index (χ0) is 14.5. The third-order valence-corrected chi connectivity index (χ3v) is 3.98. The molecule has 2 aromatic heterocycles. The number of anilines is 1. The van der Waals surface area contributed by atoms with E-state index in [-0.39, 0.29) is 0 Å². The smallest absolute Gasteiger partial charge is 0.137 e. The number of rotatable bonds is 5. The highest BCUT2D eigenvalue weighted by Crippen LogP contribution is 2.28. The summed E-state index contributed by atoms with van der Waals surface area (Å²) in [5, 5.41) is 5.44. The van der Waals surface area contributed by atoms with Gasteiger partial charge in [-0.15, -0.1) is 11.3 Å². The van der Waals surface area contributed by atoms with Gasteiger partial charge < -0.3 is 10.1 Å². The van der Waals surface area contributed by atoms with Crippen molar-refractivity contribution in [3.63, 3.8) is 0 Å². The lowest BCUT2D eigenvalue weighted by atomic mass is 10.1. The number of aromatic nitrogens is 2. The molecule has 0 saturated carbocycles. The fourth-order valence-electron chi connectivity index (χ4n) is 2.06. The number of ether oxygens (including phenoxy) is 1. The molecule has 0 saturated heterocycles. The van der Waals surface area contributed by atoms with Crippen LogP contribution in [0.15, 0.2) is 54.3 Å². The first-order chi connectivity index (χ1) is 10.4. The molecule has 3 aromatic rings. The molecule has 106 valence electrons. The second-order valence-electron chi connectivity index (χ2n) is 4.45. The van der Waals surface area contributed by atoms with Gasteiger partial charge in [0.05, 0.1) is 13.7 Å². The Hall–Kier alpha value is -2.40. The summed E-state index contributed by atoms with van der Waals surface area (Å²) >= 11 is 1.72. The zero-order valence-electron chi connectivity index (χ0n) is 11.6. The Labute approximate surface area is 127 Å². The maximum absolute atomic E-state index is 5.28. The van der Waals surface area contributed by atoms with Gasteiger partial charge >= 0.3 is 0 Å². The van der Waals surface area contributed by atoms with Gasteiger partial charge in [0, 0.05) is 16.6 Å². The summed E-state index contributed by atoms with van der Waals surface area (Å²) in [5.41, 5.74) is 2.00. The molecule has 0 aliphatic carbocycles. The molecule has 0 atom stereocenters. The van der Waals surface area contributed by atoms with E-state index in [4.69, 9.17) is 4.74 Å². The summed E-state index contributed by atoms with van der Waals surface area (Å²) in [7, 11) is 1.66. The summed E-state index contributed by atoms with van der Waals surface area (Å²) in [6.07, 6.45) is 3.37. The fraction of sp³-hybridized carbons (Fsp3) is 0.125. The topological polar surface area (TPSA) is 47.0 Å². The molecule has 0 unspecified atom stereocenters. The first-order valence-electron chi connectivity index (χ1n) is 6.57. The number of nitrogens with one attached hydrogen (secondary N) is 1. The van der Waals surface area contributed by atoms with Crippen LogP contribution in [0.4, 0.5) is 5.82 Å². The maximum atomic E-state index is 5.28. The first kappa shape index (κ1) is 13.6. The highest BCUT2D eigenvalue weighted by molar-refractivity contribution is 7.09. The third kappa shape index (κ3) is 3.20. The van der Waals surface area contributed by atoms with Crippen LogP contribution in [0.3, 0.4) is 0 Å². The van der Waals surface area contributed by atoms with E-state index in [9.17, 15) is 0 Å². The van der Waals surface area contributed by atoms with Crippen LogP contribution in [0.1, 0.15) is 4.88 Å². The van der Waals surface area contributed by atoms with Crippen molar-refractivity contribution in [1.29, 1.82) is 0 Å². The average molecular weight is 297 g/mol. The van der Waals surface area contributed by atoms with E-state index in [2.05, 4.69) is 26.7 Å². The van der Waals surface area contributed by atoms with Crippen LogP contribution in [0.5, 0.6) is 5.75 Å².